The SMILES string of the molecule is CCNc1ccnc(-c2cccc(C(=O)NC[C@@H]3CC(CC)=NO3)c2)n1. The Labute approximate surface area is 152 Å². The van der Waals surface area contributed by atoms with Gasteiger partial charge in [0, 0.05) is 30.3 Å². The normalized spacial score (nSPS) is 15.9. The number of hydrogen-bond donors (Lipinski definition) is 2. The number of anilines is 1. The summed E-state index contributed by atoms with van der Waals surface area (Å²) < 4.78 is 0. The molecule has 0 saturated carbocycles. The van der Waals surface area contributed by atoms with E-state index in [2.05, 4.69) is 25.8 Å². The lowest BCUT2D eigenvalue weighted by Gasteiger charge is -2.10. The number of rotatable bonds is 7. The molecule has 2 aromatic rings. The molecule has 0 radical (unpaired) electrons. The monoisotopic (exact) mass is 353 g/mol. The molecule has 0 aliphatic carbocycles. The topological polar surface area (TPSA) is 88.5 Å². The van der Waals surface area contributed by atoms with Crippen LogP contribution in [0.25, 0.3) is 11.4 Å². The fourth-order valence-corrected chi connectivity index (χ4v) is 2.69. The van der Waals surface area contributed by atoms with Gasteiger partial charge in [0.05, 0.1) is 12.3 Å². The Kier molecular flexibility index (Phi) is 5.78. The summed E-state index contributed by atoms with van der Waals surface area (Å²) in [6, 6.07) is 9.11. The maximum Gasteiger partial charge on any atom is 0.251 e. The Balaban J connectivity index is 1.65. The largest absolute Gasteiger partial charge is 0.390 e. The van der Waals surface area contributed by atoms with E-state index in [1.54, 1.807) is 18.3 Å². The third kappa shape index (κ3) is 4.36. The molecular weight excluding hydrogens is 330 g/mol. The van der Waals surface area contributed by atoms with Crippen molar-refractivity contribution in [2.45, 2.75) is 32.8 Å². The summed E-state index contributed by atoms with van der Waals surface area (Å²) in [5.41, 5.74) is 2.39. The molecule has 0 spiro atoms. The minimum absolute atomic E-state index is 0.0859. The Bertz CT molecular complexity index is 806. The Morgan fingerprint density at radius 1 is 1.31 bits per heavy atom. The third-order valence-corrected chi connectivity index (χ3v) is 4.09. The Morgan fingerprint density at radius 3 is 2.96 bits per heavy atom. The molecule has 1 aromatic heterocycles. The summed E-state index contributed by atoms with van der Waals surface area (Å²) in [7, 11) is 0. The first-order valence-corrected chi connectivity index (χ1v) is 8.86. The number of nitrogens with one attached hydrogen (secondary N) is 2. The van der Waals surface area contributed by atoms with E-state index in [1.165, 1.54) is 0 Å². The van der Waals surface area contributed by atoms with Crippen molar-refractivity contribution in [2.24, 2.45) is 5.16 Å². The molecule has 2 heterocycles. The molecule has 1 amide bonds. The molecule has 26 heavy (non-hydrogen) atoms. The van der Waals surface area contributed by atoms with Crippen molar-refractivity contribution in [1.29, 1.82) is 0 Å². The van der Waals surface area contributed by atoms with Gasteiger partial charge in [-0.3, -0.25) is 4.79 Å². The first-order valence-electron chi connectivity index (χ1n) is 8.86. The van der Waals surface area contributed by atoms with Crippen molar-refractivity contribution in [3.63, 3.8) is 0 Å². The maximum atomic E-state index is 12.4. The summed E-state index contributed by atoms with van der Waals surface area (Å²) in [4.78, 5) is 26.5. The van der Waals surface area contributed by atoms with E-state index in [4.69, 9.17) is 4.84 Å². The van der Waals surface area contributed by atoms with Gasteiger partial charge in [-0.1, -0.05) is 24.2 Å². The van der Waals surface area contributed by atoms with Crippen molar-refractivity contribution >= 4 is 17.4 Å². The molecule has 1 aromatic carbocycles. The van der Waals surface area contributed by atoms with Crippen LogP contribution >= 0.6 is 0 Å². The van der Waals surface area contributed by atoms with E-state index in [-0.39, 0.29) is 12.0 Å². The fourth-order valence-electron chi connectivity index (χ4n) is 2.69. The molecule has 0 saturated heterocycles. The molecule has 0 unspecified atom stereocenters. The molecule has 3 rings (SSSR count). The lowest BCUT2D eigenvalue weighted by molar-refractivity contribution is 0.0753. The van der Waals surface area contributed by atoms with Crippen LogP contribution in [0.4, 0.5) is 5.82 Å². The van der Waals surface area contributed by atoms with Crippen LogP contribution < -0.4 is 10.6 Å². The molecule has 0 fully saturated rings. The van der Waals surface area contributed by atoms with Crippen LogP contribution in [0.5, 0.6) is 0 Å². The van der Waals surface area contributed by atoms with E-state index >= 15 is 0 Å². The van der Waals surface area contributed by atoms with E-state index in [1.807, 2.05) is 32.0 Å². The van der Waals surface area contributed by atoms with Gasteiger partial charge in [-0.05, 0) is 31.5 Å². The van der Waals surface area contributed by atoms with Gasteiger partial charge in [0.15, 0.2) is 5.82 Å². The molecule has 1 atom stereocenters. The second kappa shape index (κ2) is 8.42. The quantitative estimate of drug-likeness (QED) is 0.799. The van der Waals surface area contributed by atoms with Gasteiger partial charge < -0.3 is 15.5 Å². The van der Waals surface area contributed by atoms with Gasteiger partial charge in [0.2, 0.25) is 0 Å². The number of amides is 1. The second-order valence-corrected chi connectivity index (χ2v) is 6.03. The summed E-state index contributed by atoms with van der Waals surface area (Å²) in [6.07, 6.45) is 3.26. The number of carbonyl (C=O) groups is 1. The summed E-state index contributed by atoms with van der Waals surface area (Å²) in [5.74, 6) is 1.19. The van der Waals surface area contributed by atoms with Crippen LogP contribution in [-0.4, -0.2) is 40.8 Å². The Hall–Kier alpha value is -2.96. The van der Waals surface area contributed by atoms with Crippen LogP contribution in [0.15, 0.2) is 41.7 Å². The number of hydrogen-bond acceptors (Lipinski definition) is 6. The summed E-state index contributed by atoms with van der Waals surface area (Å²) >= 11 is 0. The number of aromatic nitrogens is 2. The molecule has 2 N–H and O–H groups in total. The number of carbonyl (C=O) groups excluding carboxylic acids is 1. The number of oxime groups is 1. The predicted octanol–water partition coefficient (Wildman–Crippen LogP) is 2.86. The molecule has 1 aliphatic heterocycles. The lowest BCUT2D eigenvalue weighted by Crippen LogP contribution is -2.32. The van der Waals surface area contributed by atoms with E-state index in [0.29, 0.717) is 17.9 Å². The van der Waals surface area contributed by atoms with Gasteiger partial charge in [0.25, 0.3) is 5.91 Å². The summed E-state index contributed by atoms with van der Waals surface area (Å²) in [6.45, 7) is 5.27. The van der Waals surface area contributed by atoms with Crippen molar-refractivity contribution in [2.75, 3.05) is 18.4 Å². The zero-order chi connectivity index (χ0) is 18.4. The van der Waals surface area contributed by atoms with Crippen LogP contribution in [0.1, 0.15) is 37.0 Å². The van der Waals surface area contributed by atoms with E-state index < -0.39 is 0 Å². The van der Waals surface area contributed by atoms with Gasteiger partial charge >= 0.3 is 0 Å². The fraction of sp³-hybridized carbons (Fsp3) is 0.368. The first-order chi connectivity index (χ1) is 12.7. The number of nitrogens with zero attached hydrogens (tertiary/aromatic N) is 3. The van der Waals surface area contributed by atoms with Crippen molar-refractivity contribution < 1.29 is 9.63 Å². The van der Waals surface area contributed by atoms with Crippen molar-refractivity contribution in [1.82, 2.24) is 15.3 Å². The average molecular weight is 353 g/mol. The zero-order valence-electron chi connectivity index (χ0n) is 15.0. The van der Waals surface area contributed by atoms with E-state index in [9.17, 15) is 4.79 Å². The van der Waals surface area contributed by atoms with Crippen LogP contribution in [0.2, 0.25) is 0 Å². The molecule has 7 nitrogen and oxygen atoms in total. The van der Waals surface area contributed by atoms with Crippen LogP contribution in [0, 0.1) is 0 Å². The van der Waals surface area contributed by atoms with Crippen LogP contribution in [0.3, 0.4) is 0 Å². The van der Waals surface area contributed by atoms with Crippen LogP contribution in [-0.2, 0) is 4.84 Å². The summed E-state index contributed by atoms with van der Waals surface area (Å²) in [5, 5.41) is 10.1. The third-order valence-electron chi connectivity index (χ3n) is 4.09. The molecular formula is C19H23N5O2. The first kappa shape index (κ1) is 17.8. The highest BCUT2D eigenvalue weighted by molar-refractivity contribution is 5.95. The highest BCUT2D eigenvalue weighted by Gasteiger charge is 2.20. The predicted molar refractivity (Wildman–Crippen MR) is 101 cm³/mol. The molecule has 7 heteroatoms. The van der Waals surface area contributed by atoms with Gasteiger partial charge in [-0.2, -0.15) is 0 Å². The highest BCUT2D eigenvalue weighted by Crippen LogP contribution is 2.18. The average Bonchev–Trinajstić information content (AvgIpc) is 3.15. The van der Waals surface area contributed by atoms with Gasteiger partial charge in [-0.15, -0.1) is 0 Å². The van der Waals surface area contributed by atoms with Crippen molar-refractivity contribution in [3.8, 4) is 11.4 Å². The second-order valence-electron chi connectivity index (χ2n) is 6.03. The minimum Gasteiger partial charge on any atom is -0.390 e. The molecule has 136 valence electrons. The smallest absolute Gasteiger partial charge is 0.251 e. The molecule has 0 bridgehead atoms. The lowest BCUT2D eigenvalue weighted by atomic mass is 10.1. The van der Waals surface area contributed by atoms with Gasteiger partial charge in [-0.25, -0.2) is 9.97 Å². The maximum absolute atomic E-state index is 12.4. The Morgan fingerprint density at radius 2 is 2.19 bits per heavy atom. The molecule has 1 aliphatic rings. The minimum atomic E-state index is -0.150. The highest BCUT2D eigenvalue weighted by atomic mass is 16.6. The zero-order valence-corrected chi connectivity index (χ0v) is 15.0. The standard InChI is InChI=1S/C19H23N5O2/c1-3-15-11-16(26-24-15)12-22-19(25)14-7-5-6-13(10-14)18-21-9-8-17(23-18)20-4-2/h5-10,16H,3-4,11-12H2,1-2H3,(H,22,25)(H,20,21,23)/t16-/m0/s1. The van der Waals surface area contributed by atoms with E-state index in [0.717, 1.165) is 36.5 Å². The van der Waals surface area contributed by atoms with Gasteiger partial charge in [0.1, 0.15) is 11.9 Å². The number of benzene rings is 1. The van der Waals surface area contributed by atoms with Crippen molar-refractivity contribution in [3.05, 3.63) is 42.1 Å².